The minimum absolute atomic E-state index is 0.0238. The van der Waals surface area contributed by atoms with E-state index in [-0.39, 0.29) is 17.9 Å². The topological polar surface area (TPSA) is 94.5 Å². The van der Waals surface area contributed by atoms with E-state index in [2.05, 4.69) is 0 Å². The van der Waals surface area contributed by atoms with E-state index in [4.69, 9.17) is 18.9 Å². The molecular formula is C29H29NO7. The van der Waals surface area contributed by atoms with E-state index in [1.54, 1.807) is 75.9 Å². The van der Waals surface area contributed by atoms with Gasteiger partial charge in [-0.25, -0.2) is 0 Å². The smallest absolute Gasteiger partial charge is 0.295 e. The van der Waals surface area contributed by atoms with E-state index in [0.717, 1.165) is 5.56 Å². The molecule has 1 heterocycles. The molecule has 0 bridgehead atoms. The van der Waals surface area contributed by atoms with E-state index in [1.807, 2.05) is 12.1 Å². The number of carbonyl (C=O) groups is 2. The Hall–Kier alpha value is -4.46. The Bertz CT molecular complexity index is 1330. The number of carbonyl (C=O) groups excluding carboxylic acids is 2. The first-order chi connectivity index (χ1) is 17.9. The Morgan fingerprint density at radius 1 is 0.811 bits per heavy atom. The fraction of sp³-hybridized carbons (Fsp3) is 0.241. The Balaban J connectivity index is 1.75. The molecule has 1 atom stereocenters. The number of hydrogen-bond donors (Lipinski definition) is 1. The van der Waals surface area contributed by atoms with E-state index in [9.17, 15) is 14.7 Å². The van der Waals surface area contributed by atoms with E-state index < -0.39 is 17.7 Å². The van der Waals surface area contributed by atoms with Crippen LogP contribution in [0.3, 0.4) is 0 Å². The van der Waals surface area contributed by atoms with Crippen LogP contribution in [-0.4, -0.2) is 56.7 Å². The minimum Gasteiger partial charge on any atom is -0.507 e. The number of aliphatic hydroxyl groups excluding tert-OH is 1. The molecule has 1 fully saturated rings. The van der Waals surface area contributed by atoms with Crippen molar-refractivity contribution in [3.63, 3.8) is 0 Å². The van der Waals surface area contributed by atoms with Crippen molar-refractivity contribution >= 4 is 17.4 Å². The van der Waals surface area contributed by atoms with E-state index >= 15 is 0 Å². The zero-order valence-electron chi connectivity index (χ0n) is 21.2. The largest absolute Gasteiger partial charge is 0.507 e. The fourth-order valence-corrected chi connectivity index (χ4v) is 4.45. The lowest BCUT2D eigenvalue weighted by atomic mass is 9.95. The summed E-state index contributed by atoms with van der Waals surface area (Å²) < 4.78 is 21.2. The lowest BCUT2D eigenvalue weighted by Gasteiger charge is -2.25. The molecule has 1 N–H and O–H groups in total. The van der Waals surface area contributed by atoms with Crippen molar-refractivity contribution in [1.82, 2.24) is 4.90 Å². The third-order valence-electron chi connectivity index (χ3n) is 6.40. The second-order valence-electron chi connectivity index (χ2n) is 8.44. The summed E-state index contributed by atoms with van der Waals surface area (Å²) >= 11 is 0. The molecule has 1 aliphatic rings. The normalized spacial score (nSPS) is 16.5. The fourth-order valence-electron chi connectivity index (χ4n) is 4.45. The highest BCUT2D eigenvalue weighted by Gasteiger charge is 2.45. The number of ether oxygens (including phenoxy) is 4. The summed E-state index contributed by atoms with van der Waals surface area (Å²) in [5.41, 5.74) is 1.99. The van der Waals surface area contributed by atoms with Crippen LogP contribution in [0.2, 0.25) is 0 Å². The molecule has 3 aromatic carbocycles. The maximum atomic E-state index is 13.3. The quantitative estimate of drug-likeness (QED) is 0.263. The van der Waals surface area contributed by atoms with Gasteiger partial charge in [0.15, 0.2) is 11.5 Å². The number of hydrogen-bond acceptors (Lipinski definition) is 7. The predicted molar refractivity (Wildman–Crippen MR) is 138 cm³/mol. The van der Waals surface area contributed by atoms with Gasteiger partial charge in [-0.05, 0) is 53.9 Å². The van der Waals surface area contributed by atoms with Crippen LogP contribution < -0.4 is 18.9 Å². The number of rotatable bonds is 9. The number of Topliss-reactive ketones (excluding diaryl/α,β-unsaturated/α-hetero) is 1. The second-order valence-corrected chi connectivity index (χ2v) is 8.44. The Kier molecular flexibility index (Phi) is 7.67. The standard InChI is InChI=1S/C29H29NO7/c1-34-21-11-9-19(10-12-21)26-25(27(31)20-6-5-7-22(17-20)35-2)28(32)29(33)30(26)15-14-18-8-13-23(36-3)24(16-18)37-4/h5-13,16-17,26,31H,14-15H2,1-4H3/t26-/m0/s1. The Labute approximate surface area is 215 Å². The average Bonchev–Trinajstić information content (AvgIpc) is 3.20. The van der Waals surface area contributed by atoms with Crippen LogP contribution in [0.5, 0.6) is 23.0 Å². The molecule has 8 heteroatoms. The summed E-state index contributed by atoms with van der Waals surface area (Å²) in [6.07, 6.45) is 0.458. The van der Waals surface area contributed by atoms with Crippen LogP contribution >= 0.6 is 0 Å². The molecule has 0 aromatic heterocycles. The zero-order chi connectivity index (χ0) is 26.5. The van der Waals surface area contributed by atoms with Gasteiger partial charge in [0, 0.05) is 12.1 Å². The summed E-state index contributed by atoms with van der Waals surface area (Å²) in [5.74, 6) is 0.660. The Morgan fingerprint density at radius 3 is 2.16 bits per heavy atom. The van der Waals surface area contributed by atoms with Gasteiger partial charge in [0.05, 0.1) is 40.1 Å². The van der Waals surface area contributed by atoms with Crippen molar-refractivity contribution in [3.05, 3.63) is 89.0 Å². The third-order valence-corrected chi connectivity index (χ3v) is 6.40. The Morgan fingerprint density at radius 2 is 1.51 bits per heavy atom. The first-order valence-electron chi connectivity index (χ1n) is 11.7. The number of amides is 1. The SMILES string of the molecule is COc1ccc([C@H]2C(=C(O)c3cccc(OC)c3)C(=O)C(=O)N2CCc2ccc(OC)c(OC)c2)cc1. The number of benzene rings is 3. The van der Waals surface area contributed by atoms with Gasteiger partial charge in [-0.15, -0.1) is 0 Å². The molecule has 37 heavy (non-hydrogen) atoms. The van der Waals surface area contributed by atoms with Crippen molar-refractivity contribution in [3.8, 4) is 23.0 Å². The summed E-state index contributed by atoms with van der Waals surface area (Å²) in [4.78, 5) is 28.0. The molecular weight excluding hydrogens is 474 g/mol. The molecule has 0 unspecified atom stereocenters. The maximum absolute atomic E-state index is 13.3. The van der Waals surface area contributed by atoms with Crippen LogP contribution in [0.1, 0.15) is 22.7 Å². The highest BCUT2D eigenvalue weighted by molar-refractivity contribution is 6.46. The van der Waals surface area contributed by atoms with Crippen LogP contribution in [0.15, 0.2) is 72.3 Å². The molecule has 8 nitrogen and oxygen atoms in total. The maximum Gasteiger partial charge on any atom is 0.295 e. The lowest BCUT2D eigenvalue weighted by molar-refractivity contribution is -0.139. The van der Waals surface area contributed by atoms with Crippen molar-refractivity contribution in [1.29, 1.82) is 0 Å². The molecule has 1 amide bonds. The van der Waals surface area contributed by atoms with Gasteiger partial charge in [-0.3, -0.25) is 9.59 Å². The molecule has 3 aromatic rings. The number of nitrogens with zero attached hydrogens (tertiary/aromatic N) is 1. The molecule has 0 saturated carbocycles. The van der Waals surface area contributed by atoms with Gasteiger partial charge in [-0.2, -0.15) is 0 Å². The summed E-state index contributed by atoms with van der Waals surface area (Å²) in [7, 11) is 6.20. The van der Waals surface area contributed by atoms with Crippen molar-refractivity contribution in [2.24, 2.45) is 0 Å². The van der Waals surface area contributed by atoms with Gasteiger partial charge in [-0.1, -0.05) is 30.3 Å². The van der Waals surface area contributed by atoms with Crippen LogP contribution in [0.4, 0.5) is 0 Å². The van der Waals surface area contributed by atoms with Gasteiger partial charge in [0.1, 0.15) is 17.3 Å². The van der Waals surface area contributed by atoms with Crippen LogP contribution in [0, 0.1) is 0 Å². The molecule has 192 valence electrons. The first-order valence-corrected chi connectivity index (χ1v) is 11.7. The van der Waals surface area contributed by atoms with Crippen LogP contribution in [-0.2, 0) is 16.0 Å². The number of likely N-dealkylation sites (tertiary alicyclic amines) is 1. The van der Waals surface area contributed by atoms with Gasteiger partial charge < -0.3 is 29.0 Å². The highest BCUT2D eigenvalue weighted by Crippen LogP contribution is 2.40. The average molecular weight is 504 g/mol. The van der Waals surface area contributed by atoms with Gasteiger partial charge >= 0.3 is 0 Å². The molecule has 1 saturated heterocycles. The lowest BCUT2D eigenvalue weighted by Crippen LogP contribution is -2.31. The molecule has 0 radical (unpaired) electrons. The first kappa shape index (κ1) is 25.6. The number of aliphatic hydroxyl groups is 1. The monoisotopic (exact) mass is 503 g/mol. The van der Waals surface area contributed by atoms with E-state index in [1.165, 1.54) is 12.0 Å². The summed E-state index contributed by atoms with van der Waals surface area (Å²) in [6, 6.07) is 18.6. The number of ketones is 1. The molecule has 1 aliphatic heterocycles. The molecule has 0 spiro atoms. The van der Waals surface area contributed by atoms with Gasteiger partial charge in [0.25, 0.3) is 11.7 Å². The molecule has 4 rings (SSSR count). The van der Waals surface area contributed by atoms with Gasteiger partial charge in [0.2, 0.25) is 0 Å². The molecule has 0 aliphatic carbocycles. The summed E-state index contributed by atoms with van der Waals surface area (Å²) in [5, 5.41) is 11.3. The predicted octanol–water partition coefficient (Wildman–Crippen LogP) is 4.39. The highest BCUT2D eigenvalue weighted by atomic mass is 16.5. The summed E-state index contributed by atoms with van der Waals surface area (Å²) in [6.45, 7) is 0.242. The van der Waals surface area contributed by atoms with Crippen molar-refractivity contribution in [2.45, 2.75) is 12.5 Å². The second kappa shape index (κ2) is 11.1. The van der Waals surface area contributed by atoms with E-state index in [0.29, 0.717) is 40.5 Å². The van der Waals surface area contributed by atoms with Crippen molar-refractivity contribution < 1.29 is 33.6 Å². The number of methoxy groups -OCH3 is 4. The van der Waals surface area contributed by atoms with Crippen molar-refractivity contribution in [2.75, 3.05) is 35.0 Å². The third kappa shape index (κ3) is 5.09. The minimum atomic E-state index is -0.780. The zero-order valence-corrected chi connectivity index (χ0v) is 21.2. The van der Waals surface area contributed by atoms with Crippen LogP contribution in [0.25, 0.3) is 5.76 Å².